The number of carbonyl (C=O) groups is 1. The normalized spacial score (nSPS) is 20.9. The van der Waals surface area contributed by atoms with Gasteiger partial charge in [-0.25, -0.2) is 9.48 Å². The summed E-state index contributed by atoms with van der Waals surface area (Å²) in [5.41, 5.74) is 0.319. The van der Waals surface area contributed by atoms with Gasteiger partial charge in [-0.05, 0) is 18.8 Å². The number of hydrogen-bond donors (Lipinski definition) is 1. The van der Waals surface area contributed by atoms with E-state index in [2.05, 4.69) is 15.6 Å². The third kappa shape index (κ3) is 2.38. The fraction of sp³-hybridized carbons (Fsp3) is 0.750. The standard InChI is InChI=1S/C12H18N4O2/c17-12(18-8-9-3-1-2-4-9)11-7-16(15-14-11)10-5-13-6-10/h7,9-10,13H,1-6,8H2. The van der Waals surface area contributed by atoms with Crippen LogP contribution in [0.5, 0.6) is 0 Å². The Kier molecular flexibility index (Phi) is 3.27. The lowest BCUT2D eigenvalue weighted by atomic mass is 10.1. The van der Waals surface area contributed by atoms with Gasteiger partial charge in [0, 0.05) is 13.1 Å². The third-order valence-electron chi connectivity index (χ3n) is 3.78. The highest BCUT2D eigenvalue weighted by Gasteiger charge is 2.23. The second kappa shape index (κ2) is 5.06. The van der Waals surface area contributed by atoms with E-state index in [1.165, 1.54) is 25.7 Å². The Morgan fingerprint density at radius 1 is 1.44 bits per heavy atom. The summed E-state index contributed by atoms with van der Waals surface area (Å²) in [5.74, 6) is 0.195. The Bertz CT molecular complexity index is 421. The first-order valence-corrected chi connectivity index (χ1v) is 6.62. The zero-order valence-electron chi connectivity index (χ0n) is 10.3. The Morgan fingerprint density at radius 2 is 2.22 bits per heavy atom. The summed E-state index contributed by atoms with van der Waals surface area (Å²) in [6, 6.07) is 0.328. The van der Waals surface area contributed by atoms with Crippen molar-refractivity contribution < 1.29 is 9.53 Å². The predicted molar refractivity (Wildman–Crippen MR) is 64.2 cm³/mol. The second-order valence-corrected chi connectivity index (χ2v) is 5.14. The molecule has 0 unspecified atom stereocenters. The Morgan fingerprint density at radius 3 is 2.89 bits per heavy atom. The van der Waals surface area contributed by atoms with E-state index in [4.69, 9.17) is 4.74 Å². The lowest BCUT2D eigenvalue weighted by Crippen LogP contribution is -2.43. The van der Waals surface area contributed by atoms with Gasteiger partial charge in [0.2, 0.25) is 0 Å². The van der Waals surface area contributed by atoms with E-state index in [0.717, 1.165) is 13.1 Å². The highest BCUT2D eigenvalue weighted by Crippen LogP contribution is 2.24. The van der Waals surface area contributed by atoms with Crippen LogP contribution in [0.4, 0.5) is 0 Å². The summed E-state index contributed by atoms with van der Waals surface area (Å²) in [4.78, 5) is 11.8. The van der Waals surface area contributed by atoms with E-state index >= 15 is 0 Å². The molecule has 1 saturated carbocycles. The first kappa shape index (κ1) is 11.6. The van der Waals surface area contributed by atoms with Crippen molar-refractivity contribution in [3.63, 3.8) is 0 Å². The molecule has 0 amide bonds. The molecule has 1 aromatic heterocycles. The van der Waals surface area contributed by atoms with Crippen LogP contribution in [0.25, 0.3) is 0 Å². The van der Waals surface area contributed by atoms with Gasteiger partial charge in [-0.1, -0.05) is 18.1 Å². The third-order valence-corrected chi connectivity index (χ3v) is 3.78. The number of carbonyl (C=O) groups excluding carboxylic acids is 1. The van der Waals surface area contributed by atoms with Gasteiger partial charge in [-0.2, -0.15) is 0 Å². The summed E-state index contributed by atoms with van der Waals surface area (Å²) in [6.07, 6.45) is 6.55. The summed E-state index contributed by atoms with van der Waals surface area (Å²) in [5, 5.41) is 11.0. The molecule has 0 radical (unpaired) electrons. The minimum absolute atomic E-state index is 0.319. The van der Waals surface area contributed by atoms with E-state index in [9.17, 15) is 4.79 Å². The Hall–Kier alpha value is -1.43. The van der Waals surface area contributed by atoms with Crippen molar-refractivity contribution in [2.75, 3.05) is 19.7 Å². The van der Waals surface area contributed by atoms with E-state index in [1.54, 1.807) is 10.9 Å². The van der Waals surface area contributed by atoms with E-state index in [-0.39, 0.29) is 5.97 Å². The van der Waals surface area contributed by atoms with Gasteiger partial charge in [-0.15, -0.1) is 5.10 Å². The minimum Gasteiger partial charge on any atom is -0.461 e. The SMILES string of the molecule is O=C(OCC1CCCC1)c1cn(C2CNC2)nn1. The summed E-state index contributed by atoms with van der Waals surface area (Å²) in [7, 11) is 0. The number of hydrogen-bond acceptors (Lipinski definition) is 5. The topological polar surface area (TPSA) is 69.0 Å². The molecule has 18 heavy (non-hydrogen) atoms. The van der Waals surface area contributed by atoms with Crippen molar-refractivity contribution in [2.24, 2.45) is 5.92 Å². The van der Waals surface area contributed by atoms with Crippen LogP contribution >= 0.6 is 0 Å². The van der Waals surface area contributed by atoms with Gasteiger partial charge in [0.15, 0.2) is 5.69 Å². The van der Waals surface area contributed by atoms with Gasteiger partial charge in [-0.3, -0.25) is 0 Å². The van der Waals surface area contributed by atoms with Crippen LogP contribution in [0, 0.1) is 5.92 Å². The Labute approximate surface area is 106 Å². The molecular weight excluding hydrogens is 232 g/mol. The fourth-order valence-corrected chi connectivity index (χ4v) is 2.45. The number of esters is 1. The molecule has 6 heteroatoms. The molecule has 2 heterocycles. The second-order valence-electron chi connectivity index (χ2n) is 5.14. The van der Waals surface area contributed by atoms with E-state index in [1.807, 2.05) is 0 Å². The highest BCUT2D eigenvalue weighted by molar-refractivity contribution is 5.86. The zero-order valence-corrected chi connectivity index (χ0v) is 10.3. The summed E-state index contributed by atoms with van der Waals surface area (Å²) >= 11 is 0. The van der Waals surface area contributed by atoms with Gasteiger partial charge >= 0.3 is 5.97 Å². The van der Waals surface area contributed by atoms with Crippen molar-refractivity contribution >= 4 is 5.97 Å². The van der Waals surface area contributed by atoms with Gasteiger partial charge in [0.05, 0.1) is 18.8 Å². The zero-order chi connectivity index (χ0) is 12.4. The van der Waals surface area contributed by atoms with Crippen molar-refractivity contribution in [3.8, 4) is 0 Å². The average Bonchev–Trinajstić information content (AvgIpc) is 2.94. The number of aromatic nitrogens is 3. The molecular formula is C12H18N4O2. The number of nitrogens with one attached hydrogen (secondary N) is 1. The lowest BCUT2D eigenvalue weighted by molar-refractivity contribution is 0.0435. The molecule has 2 aliphatic rings. The van der Waals surface area contributed by atoms with Crippen LogP contribution in [-0.2, 0) is 4.74 Å². The average molecular weight is 250 g/mol. The maximum atomic E-state index is 11.8. The predicted octanol–water partition coefficient (Wildman–Crippen LogP) is 0.769. The molecule has 98 valence electrons. The molecule has 1 saturated heterocycles. The molecule has 2 fully saturated rings. The summed E-state index contributed by atoms with van der Waals surface area (Å²) in [6.45, 7) is 2.30. The van der Waals surface area contributed by atoms with E-state index < -0.39 is 0 Å². The maximum Gasteiger partial charge on any atom is 0.360 e. The van der Waals surface area contributed by atoms with Crippen LogP contribution in [0.3, 0.4) is 0 Å². The Balaban J connectivity index is 1.52. The molecule has 1 aliphatic heterocycles. The highest BCUT2D eigenvalue weighted by atomic mass is 16.5. The van der Waals surface area contributed by atoms with Crippen molar-refractivity contribution in [1.82, 2.24) is 20.3 Å². The van der Waals surface area contributed by atoms with Gasteiger partial charge in [0.1, 0.15) is 0 Å². The monoisotopic (exact) mass is 250 g/mol. The number of ether oxygens (including phenoxy) is 1. The lowest BCUT2D eigenvalue weighted by Gasteiger charge is -2.26. The van der Waals surface area contributed by atoms with Crippen molar-refractivity contribution in [3.05, 3.63) is 11.9 Å². The minimum atomic E-state index is -0.347. The molecule has 0 aromatic carbocycles. The molecule has 3 rings (SSSR count). The quantitative estimate of drug-likeness (QED) is 0.799. The fourth-order valence-electron chi connectivity index (χ4n) is 2.45. The van der Waals surface area contributed by atoms with E-state index in [0.29, 0.717) is 24.3 Å². The maximum absolute atomic E-state index is 11.8. The molecule has 1 N–H and O–H groups in total. The van der Waals surface area contributed by atoms with Crippen LogP contribution in [0.2, 0.25) is 0 Å². The van der Waals surface area contributed by atoms with Gasteiger partial charge < -0.3 is 10.1 Å². The van der Waals surface area contributed by atoms with Crippen molar-refractivity contribution in [1.29, 1.82) is 0 Å². The smallest absolute Gasteiger partial charge is 0.360 e. The van der Waals surface area contributed by atoms with Crippen LogP contribution in [0.15, 0.2) is 6.20 Å². The number of rotatable bonds is 4. The molecule has 0 atom stereocenters. The van der Waals surface area contributed by atoms with Crippen LogP contribution in [0.1, 0.15) is 42.2 Å². The van der Waals surface area contributed by atoms with Crippen LogP contribution in [-0.4, -0.2) is 40.7 Å². The first-order valence-electron chi connectivity index (χ1n) is 6.62. The number of nitrogens with zero attached hydrogens (tertiary/aromatic N) is 3. The largest absolute Gasteiger partial charge is 0.461 e. The molecule has 6 nitrogen and oxygen atoms in total. The van der Waals surface area contributed by atoms with Crippen LogP contribution < -0.4 is 5.32 Å². The first-order chi connectivity index (χ1) is 8.83. The molecule has 0 bridgehead atoms. The molecule has 1 aliphatic carbocycles. The summed E-state index contributed by atoms with van der Waals surface area (Å²) < 4.78 is 7.03. The van der Waals surface area contributed by atoms with Crippen molar-refractivity contribution in [2.45, 2.75) is 31.7 Å². The van der Waals surface area contributed by atoms with Gasteiger partial charge in [0.25, 0.3) is 0 Å². The molecule has 0 spiro atoms. The molecule has 1 aromatic rings.